The Balaban J connectivity index is 1.49. The van der Waals surface area contributed by atoms with Gasteiger partial charge in [-0.05, 0) is 30.6 Å². The molecule has 0 bridgehead atoms. The van der Waals surface area contributed by atoms with Gasteiger partial charge in [0.05, 0.1) is 17.5 Å². The molecule has 1 aliphatic heterocycles. The number of rotatable bonds is 3. The monoisotopic (exact) mass is 375 g/mol. The molecule has 1 aliphatic rings. The highest BCUT2D eigenvalue weighted by atomic mass is 32.1. The molecule has 1 amide bonds. The number of aryl methyl sites for hydroxylation is 1. The second-order valence-corrected chi connectivity index (χ2v) is 7.53. The zero-order valence-corrected chi connectivity index (χ0v) is 15.6. The van der Waals surface area contributed by atoms with E-state index in [1.165, 1.54) is 11.5 Å². The maximum atomic E-state index is 12.6. The first-order chi connectivity index (χ1) is 12.2. The second-order valence-electron chi connectivity index (χ2n) is 5.77. The maximum Gasteiger partial charge on any atom is 0.267 e. The van der Waals surface area contributed by atoms with Gasteiger partial charge in [0.2, 0.25) is 0 Å². The fraction of sp³-hybridized carbons (Fsp3) is 0.375. The molecule has 2 aromatic heterocycles. The van der Waals surface area contributed by atoms with Crippen molar-refractivity contribution < 1.29 is 9.53 Å². The molecule has 25 heavy (non-hydrogen) atoms. The summed E-state index contributed by atoms with van der Waals surface area (Å²) in [7, 11) is 1.66. The van der Waals surface area contributed by atoms with Gasteiger partial charge in [-0.3, -0.25) is 4.79 Å². The minimum absolute atomic E-state index is 0.0260. The second kappa shape index (κ2) is 6.57. The summed E-state index contributed by atoms with van der Waals surface area (Å²) in [4.78, 5) is 22.0. The van der Waals surface area contributed by atoms with Crippen molar-refractivity contribution in [1.29, 1.82) is 0 Å². The molecule has 0 N–H and O–H groups in total. The van der Waals surface area contributed by atoms with Crippen molar-refractivity contribution in [2.24, 2.45) is 0 Å². The Bertz CT molecular complexity index is 914. The lowest BCUT2D eigenvalue weighted by Gasteiger charge is -2.34. The molecule has 4 rings (SSSR count). The third-order valence-corrected chi connectivity index (χ3v) is 6.17. The van der Waals surface area contributed by atoms with Crippen LogP contribution in [0.1, 0.15) is 15.4 Å². The fourth-order valence-electron chi connectivity index (χ4n) is 2.88. The van der Waals surface area contributed by atoms with Crippen LogP contribution in [0.15, 0.2) is 18.2 Å². The Morgan fingerprint density at radius 3 is 2.72 bits per heavy atom. The number of anilines is 1. The van der Waals surface area contributed by atoms with Crippen molar-refractivity contribution in [3.05, 3.63) is 28.8 Å². The molecule has 9 heteroatoms. The predicted octanol–water partition coefficient (Wildman–Crippen LogP) is 2.43. The number of nitrogens with zero attached hydrogens (tertiary/aromatic N) is 5. The van der Waals surface area contributed by atoms with Gasteiger partial charge in [-0.2, -0.15) is 0 Å². The van der Waals surface area contributed by atoms with E-state index in [4.69, 9.17) is 9.72 Å². The van der Waals surface area contributed by atoms with Crippen LogP contribution in [0.2, 0.25) is 0 Å². The van der Waals surface area contributed by atoms with Crippen LogP contribution < -0.4 is 9.64 Å². The van der Waals surface area contributed by atoms with Gasteiger partial charge in [-0.1, -0.05) is 21.9 Å². The molecule has 0 saturated carbocycles. The van der Waals surface area contributed by atoms with Gasteiger partial charge >= 0.3 is 0 Å². The van der Waals surface area contributed by atoms with Crippen molar-refractivity contribution in [3.8, 4) is 5.75 Å². The quantitative estimate of drug-likeness (QED) is 0.700. The van der Waals surface area contributed by atoms with E-state index >= 15 is 0 Å². The van der Waals surface area contributed by atoms with Crippen molar-refractivity contribution >= 4 is 44.1 Å². The van der Waals surface area contributed by atoms with E-state index in [0.717, 1.165) is 34.2 Å². The number of amides is 1. The lowest BCUT2D eigenvalue weighted by Crippen LogP contribution is -2.48. The van der Waals surface area contributed by atoms with E-state index in [1.54, 1.807) is 18.4 Å². The average Bonchev–Trinajstić information content (AvgIpc) is 3.27. The molecule has 130 valence electrons. The van der Waals surface area contributed by atoms with E-state index in [-0.39, 0.29) is 5.91 Å². The highest BCUT2D eigenvalue weighted by Gasteiger charge is 2.26. The lowest BCUT2D eigenvalue weighted by molar-refractivity contribution is 0.0750. The first-order valence-electron chi connectivity index (χ1n) is 7.94. The first kappa shape index (κ1) is 16.2. The van der Waals surface area contributed by atoms with Gasteiger partial charge in [0.15, 0.2) is 5.13 Å². The van der Waals surface area contributed by atoms with Crippen LogP contribution in [-0.2, 0) is 0 Å². The number of carbonyl (C=O) groups is 1. The minimum Gasteiger partial charge on any atom is -0.494 e. The molecule has 0 atom stereocenters. The van der Waals surface area contributed by atoms with Gasteiger partial charge in [0, 0.05) is 26.2 Å². The summed E-state index contributed by atoms with van der Waals surface area (Å²) in [5, 5.41) is 4.90. The average molecular weight is 375 g/mol. The Labute approximate surface area is 153 Å². The van der Waals surface area contributed by atoms with Crippen molar-refractivity contribution in [3.63, 3.8) is 0 Å². The standard InChI is InChI=1S/C16H17N5O2S2/c1-10-14(25-19-18-10)15(22)20-6-8-21(9-7-20)16-17-13-11(23-2)4-3-5-12(13)24-16/h3-5H,6-9H2,1-2H3. The smallest absolute Gasteiger partial charge is 0.267 e. The number of fused-ring (bicyclic) bond motifs is 1. The summed E-state index contributed by atoms with van der Waals surface area (Å²) in [6.07, 6.45) is 0. The van der Waals surface area contributed by atoms with Crippen molar-refractivity contribution in [2.75, 3.05) is 38.2 Å². The fourth-order valence-corrected chi connectivity index (χ4v) is 4.54. The van der Waals surface area contributed by atoms with Crippen molar-refractivity contribution in [1.82, 2.24) is 19.5 Å². The molecule has 1 fully saturated rings. The summed E-state index contributed by atoms with van der Waals surface area (Å²) >= 11 is 2.82. The van der Waals surface area contributed by atoms with Crippen LogP contribution in [0.3, 0.4) is 0 Å². The topological polar surface area (TPSA) is 71.5 Å². The van der Waals surface area contributed by atoms with Gasteiger partial charge in [-0.15, -0.1) is 5.10 Å². The Kier molecular flexibility index (Phi) is 4.26. The molecule has 0 spiro atoms. The third-order valence-electron chi connectivity index (χ3n) is 4.27. The molecule has 0 radical (unpaired) electrons. The summed E-state index contributed by atoms with van der Waals surface area (Å²) in [6, 6.07) is 5.96. The molecule has 3 heterocycles. The number of para-hydroxylation sites is 1. The molecular formula is C16H17N5O2S2. The SMILES string of the molecule is COc1cccc2sc(N3CCN(C(=O)c4snnc4C)CC3)nc12. The number of thiazole rings is 1. The summed E-state index contributed by atoms with van der Waals surface area (Å²) in [5.41, 5.74) is 1.60. The predicted molar refractivity (Wildman–Crippen MR) is 98.9 cm³/mol. The molecule has 1 aromatic carbocycles. The van der Waals surface area contributed by atoms with Crippen LogP contribution in [0, 0.1) is 6.92 Å². The van der Waals surface area contributed by atoms with Crippen LogP contribution >= 0.6 is 22.9 Å². The zero-order valence-electron chi connectivity index (χ0n) is 13.9. The van der Waals surface area contributed by atoms with Crippen LogP contribution in [0.4, 0.5) is 5.13 Å². The number of methoxy groups -OCH3 is 1. The van der Waals surface area contributed by atoms with Crippen LogP contribution in [0.5, 0.6) is 5.75 Å². The number of carbonyl (C=O) groups excluding carboxylic acids is 1. The zero-order chi connectivity index (χ0) is 17.4. The maximum absolute atomic E-state index is 12.6. The number of ether oxygens (including phenoxy) is 1. The van der Waals surface area contributed by atoms with Gasteiger partial charge in [0.25, 0.3) is 5.91 Å². The van der Waals surface area contributed by atoms with E-state index in [0.29, 0.717) is 23.7 Å². The molecule has 7 nitrogen and oxygen atoms in total. The number of hydrogen-bond acceptors (Lipinski definition) is 8. The third kappa shape index (κ3) is 2.93. The van der Waals surface area contributed by atoms with Gasteiger partial charge in [-0.25, -0.2) is 4.98 Å². The summed E-state index contributed by atoms with van der Waals surface area (Å²) in [6.45, 7) is 4.69. The first-order valence-corrected chi connectivity index (χ1v) is 9.53. The minimum atomic E-state index is 0.0260. The van der Waals surface area contributed by atoms with E-state index < -0.39 is 0 Å². The Hall–Kier alpha value is -2.26. The van der Waals surface area contributed by atoms with Gasteiger partial charge in [0.1, 0.15) is 16.1 Å². The number of benzene rings is 1. The number of piperazine rings is 1. The molecule has 1 saturated heterocycles. The highest BCUT2D eigenvalue weighted by molar-refractivity contribution is 7.22. The Morgan fingerprint density at radius 2 is 2.04 bits per heavy atom. The summed E-state index contributed by atoms with van der Waals surface area (Å²) in [5.74, 6) is 0.820. The molecule has 0 aliphatic carbocycles. The molecular weight excluding hydrogens is 358 g/mol. The molecule has 3 aromatic rings. The summed E-state index contributed by atoms with van der Waals surface area (Å²) < 4.78 is 10.4. The normalized spacial score (nSPS) is 15.0. The largest absolute Gasteiger partial charge is 0.494 e. The van der Waals surface area contributed by atoms with Crippen LogP contribution in [-0.4, -0.2) is 58.7 Å². The van der Waals surface area contributed by atoms with E-state index in [9.17, 15) is 4.79 Å². The number of aromatic nitrogens is 3. The van der Waals surface area contributed by atoms with E-state index in [2.05, 4.69) is 20.6 Å². The molecule has 0 unspecified atom stereocenters. The number of hydrogen-bond donors (Lipinski definition) is 0. The Morgan fingerprint density at radius 1 is 1.24 bits per heavy atom. The lowest BCUT2D eigenvalue weighted by atomic mass is 10.3. The van der Waals surface area contributed by atoms with Crippen LogP contribution in [0.25, 0.3) is 10.2 Å². The highest BCUT2D eigenvalue weighted by Crippen LogP contribution is 2.34. The van der Waals surface area contributed by atoms with E-state index in [1.807, 2.05) is 24.0 Å². The van der Waals surface area contributed by atoms with Gasteiger partial charge < -0.3 is 14.5 Å². The van der Waals surface area contributed by atoms with Crippen molar-refractivity contribution in [2.45, 2.75) is 6.92 Å².